The number of rotatable bonds is 5. The van der Waals surface area contributed by atoms with Gasteiger partial charge in [0.1, 0.15) is 6.54 Å². The van der Waals surface area contributed by atoms with E-state index in [4.69, 9.17) is 11.6 Å². The molecule has 5 aromatic rings. The van der Waals surface area contributed by atoms with Crippen molar-refractivity contribution in [1.29, 1.82) is 0 Å². The van der Waals surface area contributed by atoms with E-state index in [9.17, 15) is 18.0 Å². The van der Waals surface area contributed by atoms with Crippen molar-refractivity contribution in [2.75, 3.05) is 11.9 Å². The molecule has 1 N–H and O–H groups in total. The summed E-state index contributed by atoms with van der Waals surface area (Å²) in [5.41, 5.74) is 2.85. The van der Waals surface area contributed by atoms with Crippen LogP contribution in [0.5, 0.6) is 0 Å². The number of alkyl halides is 3. The first-order valence-electron chi connectivity index (χ1n) is 11.1. The van der Waals surface area contributed by atoms with Crippen LogP contribution in [0.1, 0.15) is 19.9 Å². The van der Waals surface area contributed by atoms with Gasteiger partial charge in [0.15, 0.2) is 0 Å². The van der Waals surface area contributed by atoms with Crippen LogP contribution in [0.3, 0.4) is 0 Å². The minimum Gasteiger partial charge on any atom is -0.345 e. The van der Waals surface area contributed by atoms with E-state index in [1.54, 1.807) is 42.9 Å². The average Bonchev–Trinajstić information content (AvgIpc) is 3.26. The second-order valence-electron chi connectivity index (χ2n) is 8.57. The summed E-state index contributed by atoms with van der Waals surface area (Å²) in [6.07, 6.45) is 0.293. The summed E-state index contributed by atoms with van der Waals surface area (Å²) in [5, 5.41) is 3.14. The van der Waals surface area contributed by atoms with Gasteiger partial charge in [-0.05, 0) is 49.7 Å². The lowest BCUT2D eigenvalue weighted by molar-refractivity contribution is -0.115. The second-order valence-corrected chi connectivity index (χ2v) is 9.01. The van der Waals surface area contributed by atoms with Gasteiger partial charge in [0.05, 0.1) is 34.1 Å². The van der Waals surface area contributed by atoms with Gasteiger partial charge in [0.2, 0.25) is 5.95 Å². The maximum Gasteiger partial charge on any atom is 0.405 e. The molecule has 0 radical (unpaired) electrons. The smallest absolute Gasteiger partial charge is 0.345 e. The lowest BCUT2D eigenvalue weighted by atomic mass is 10.0. The predicted molar refractivity (Wildman–Crippen MR) is 134 cm³/mol. The third kappa shape index (κ3) is 4.51. The molecule has 36 heavy (non-hydrogen) atoms. The number of hydrogen-bond acceptors (Lipinski definition) is 5. The van der Waals surface area contributed by atoms with Crippen LogP contribution in [0.25, 0.3) is 38.8 Å². The average molecular weight is 513 g/mol. The minimum absolute atomic E-state index is 0.166. The normalized spacial score (nSPS) is 12.1. The first-order chi connectivity index (χ1) is 17.1. The van der Waals surface area contributed by atoms with Crippen LogP contribution in [0.2, 0.25) is 5.02 Å². The Morgan fingerprint density at radius 1 is 1.08 bits per heavy atom. The molecule has 0 bridgehead atoms. The molecule has 0 aliphatic rings. The number of benzene rings is 2. The molecule has 3 aromatic heterocycles. The number of nitrogens with zero attached hydrogens (tertiary/aromatic N) is 5. The van der Waals surface area contributed by atoms with E-state index in [1.807, 2.05) is 30.5 Å². The van der Waals surface area contributed by atoms with E-state index in [1.165, 1.54) is 10.8 Å². The van der Waals surface area contributed by atoms with Crippen LogP contribution in [-0.2, 0) is 0 Å². The number of hydrogen-bond donors (Lipinski definition) is 1. The molecule has 7 nitrogen and oxygen atoms in total. The van der Waals surface area contributed by atoms with Crippen molar-refractivity contribution >= 4 is 39.5 Å². The maximum atomic E-state index is 13.8. The Balaban J connectivity index is 1.74. The van der Waals surface area contributed by atoms with Gasteiger partial charge in [-0.1, -0.05) is 23.7 Å². The summed E-state index contributed by atoms with van der Waals surface area (Å²) in [7, 11) is 0. The van der Waals surface area contributed by atoms with E-state index in [0.717, 1.165) is 11.0 Å². The van der Waals surface area contributed by atoms with E-state index in [0.29, 0.717) is 21.7 Å². The molecule has 0 saturated carbocycles. The van der Waals surface area contributed by atoms with Gasteiger partial charge in [-0.15, -0.1) is 0 Å². The van der Waals surface area contributed by atoms with Gasteiger partial charge in [-0.25, -0.2) is 15.0 Å². The van der Waals surface area contributed by atoms with E-state index in [-0.39, 0.29) is 28.6 Å². The topological polar surface area (TPSA) is 77.6 Å². The Morgan fingerprint density at radius 3 is 2.53 bits per heavy atom. The molecule has 0 unspecified atom stereocenters. The van der Waals surface area contributed by atoms with Crippen molar-refractivity contribution in [2.45, 2.75) is 26.1 Å². The summed E-state index contributed by atoms with van der Waals surface area (Å²) >= 11 is 6.04. The Hall–Kier alpha value is -3.92. The molecular formula is C25H20ClF3N6O. The Labute approximate surface area is 208 Å². The van der Waals surface area contributed by atoms with E-state index in [2.05, 4.69) is 20.3 Å². The second kappa shape index (κ2) is 8.94. The fourth-order valence-corrected chi connectivity index (χ4v) is 4.14. The first kappa shape index (κ1) is 23.8. The van der Waals surface area contributed by atoms with Crippen LogP contribution >= 0.6 is 11.6 Å². The van der Waals surface area contributed by atoms with Crippen molar-refractivity contribution in [3.05, 3.63) is 76.6 Å². The molecule has 0 amide bonds. The van der Waals surface area contributed by atoms with Crippen LogP contribution in [0, 0.1) is 0 Å². The molecule has 3 heterocycles. The van der Waals surface area contributed by atoms with Crippen molar-refractivity contribution in [3.63, 3.8) is 0 Å². The van der Waals surface area contributed by atoms with Gasteiger partial charge in [0.25, 0.3) is 5.56 Å². The zero-order valence-electron chi connectivity index (χ0n) is 19.2. The fraction of sp³-hybridized carbons (Fsp3) is 0.200. The molecular weight excluding hydrogens is 493 g/mol. The van der Waals surface area contributed by atoms with Crippen LogP contribution in [-0.4, -0.2) is 36.8 Å². The van der Waals surface area contributed by atoms with Crippen molar-refractivity contribution in [3.8, 4) is 16.8 Å². The molecule has 0 aliphatic heterocycles. The summed E-state index contributed by atoms with van der Waals surface area (Å²) < 4.78 is 41.6. The SMILES string of the molecule is CC(C)n1cnc2ccc(-n3cc4cnc(NCC(F)(F)F)nc4c(-c4ccc(Cl)cc4)c3=O)cc21. The molecule has 0 saturated heterocycles. The molecule has 184 valence electrons. The third-order valence-corrected chi connectivity index (χ3v) is 5.98. The van der Waals surface area contributed by atoms with Crippen molar-refractivity contribution in [1.82, 2.24) is 24.1 Å². The number of aromatic nitrogens is 5. The summed E-state index contributed by atoms with van der Waals surface area (Å²) in [6, 6.07) is 12.3. The maximum absolute atomic E-state index is 13.8. The largest absolute Gasteiger partial charge is 0.405 e. The first-order valence-corrected chi connectivity index (χ1v) is 11.4. The van der Waals surface area contributed by atoms with Gasteiger partial charge in [-0.3, -0.25) is 9.36 Å². The number of nitrogens with one attached hydrogen (secondary N) is 1. The van der Waals surface area contributed by atoms with Gasteiger partial charge < -0.3 is 9.88 Å². The van der Waals surface area contributed by atoms with Gasteiger partial charge in [0, 0.05) is 28.8 Å². The highest BCUT2D eigenvalue weighted by molar-refractivity contribution is 6.30. The lowest BCUT2D eigenvalue weighted by Crippen LogP contribution is -2.23. The number of imidazole rings is 1. The lowest BCUT2D eigenvalue weighted by Gasteiger charge is -2.14. The van der Waals surface area contributed by atoms with E-state index >= 15 is 0 Å². The molecule has 11 heteroatoms. The molecule has 0 aliphatic carbocycles. The summed E-state index contributed by atoms with van der Waals surface area (Å²) in [5.74, 6) is -0.227. The Bertz CT molecular complexity index is 1640. The van der Waals surface area contributed by atoms with Crippen molar-refractivity contribution in [2.24, 2.45) is 0 Å². The molecule has 0 atom stereocenters. The molecule has 2 aromatic carbocycles. The quantitative estimate of drug-likeness (QED) is 0.312. The van der Waals surface area contributed by atoms with Crippen LogP contribution in [0.4, 0.5) is 19.1 Å². The van der Waals surface area contributed by atoms with Gasteiger partial charge in [-0.2, -0.15) is 13.2 Å². The number of pyridine rings is 1. The zero-order valence-corrected chi connectivity index (χ0v) is 20.0. The number of anilines is 1. The highest BCUT2D eigenvalue weighted by Crippen LogP contribution is 2.28. The fourth-order valence-electron chi connectivity index (χ4n) is 4.01. The van der Waals surface area contributed by atoms with Gasteiger partial charge >= 0.3 is 6.18 Å². The van der Waals surface area contributed by atoms with Crippen molar-refractivity contribution < 1.29 is 13.2 Å². The Morgan fingerprint density at radius 2 is 1.83 bits per heavy atom. The van der Waals surface area contributed by atoms with Crippen LogP contribution < -0.4 is 10.9 Å². The summed E-state index contributed by atoms with van der Waals surface area (Å²) in [4.78, 5) is 26.6. The Kier molecular flexibility index (Phi) is 5.91. The highest BCUT2D eigenvalue weighted by atomic mass is 35.5. The number of fused-ring (bicyclic) bond motifs is 2. The zero-order chi connectivity index (χ0) is 25.6. The van der Waals surface area contributed by atoms with Crippen LogP contribution in [0.15, 0.2) is 66.0 Å². The summed E-state index contributed by atoms with van der Waals surface area (Å²) in [6.45, 7) is 2.78. The molecule has 0 fully saturated rings. The van der Waals surface area contributed by atoms with E-state index < -0.39 is 12.7 Å². The minimum atomic E-state index is -4.44. The molecule has 0 spiro atoms. The number of halogens is 4. The highest BCUT2D eigenvalue weighted by Gasteiger charge is 2.27. The third-order valence-electron chi connectivity index (χ3n) is 5.73. The monoisotopic (exact) mass is 512 g/mol. The standard InChI is InChI=1S/C25H20ClF3N6O/c1-14(2)35-13-32-19-8-7-18(9-20(19)35)34-11-16-10-30-24(31-12-25(27,28)29)33-22(16)21(23(34)36)15-3-5-17(26)6-4-15/h3-11,13-14H,12H2,1-2H3,(H,31,33). The molecule has 5 rings (SSSR count). The predicted octanol–water partition coefficient (Wildman–Crippen LogP) is 6.01.